The standard InChI is InChI=1S/C17H24N2O2/c18-16(9-11-2-5-15(20)6-3-11)17(21)19-10-14-8-12-1-4-13(14)7-12/h2-3,5-6,12-14,16,20H,1,4,7-10,18H2,(H,19,21)/t12?,13?,14?,16-/m1/s1. The number of phenols is 1. The van der Waals surface area contributed by atoms with Gasteiger partial charge in [-0.3, -0.25) is 4.79 Å². The molecule has 0 saturated heterocycles. The second kappa shape index (κ2) is 6.06. The fourth-order valence-electron chi connectivity index (χ4n) is 3.97. The van der Waals surface area contributed by atoms with E-state index in [2.05, 4.69) is 5.32 Å². The Balaban J connectivity index is 1.45. The van der Waals surface area contributed by atoms with Crippen molar-refractivity contribution >= 4 is 5.91 Å². The van der Waals surface area contributed by atoms with E-state index >= 15 is 0 Å². The minimum Gasteiger partial charge on any atom is -0.508 e. The zero-order chi connectivity index (χ0) is 14.8. The highest BCUT2D eigenvalue weighted by atomic mass is 16.3. The highest BCUT2D eigenvalue weighted by Gasteiger charge is 2.39. The summed E-state index contributed by atoms with van der Waals surface area (Å²) < 4.78 is 0. The lowest BCUT2D eigenvalue weighted by atomic mass is 9.89. The molecule has 2 aliphatic carbocycles. The maximum Gasteiger partial charge on any atom is 0.237 e. The molecular formula is C17H24N2O2. The second-order valence-electron chi connectivity index (χ2n) is 6.66. The Bertz CT molecular complexity index is 500. The molecule has 2 aliphatic rings. The van der Waals surface area contributed by atoms with Crippen LogP contribution in [-0.4, -0.2) is 23.6 Å². The Morgan fingerprint density at radius 2 is 2.05 bits per heavy atom. The van der Waals surface area contributed by atoms with Crippen LogP contribution >= 0.6 is 0 Å². The van der Waals surface area contributed by atoms with Gasteiger partial charge < -0.3 is 16.2 Å². The summed E-state index contributed by atoms with van der Waals surface area (Å²) in [6.45, 7) is 0.781. The normalized spacial score (nSPS) is 28.5. The van der Waals surface area contributed by atoms with Gasteiger partial charge >= 0.3 is 0 Å². The summed E-state index contributed by atoms with van der Waals surface area (Å²) in [4.78, 5) is 12.1. The predicted molar refractivity (Wildman–Crippen MR) is 81.7 cm³/mol. The van der Waals surface area contributed by atoms with Crippen molar-refractivity contribution in [2.75, 3.05) is 6.54 Å². The number of carbonyl (C=O) groups is 1. The Morgan fingerprint density at radius 3 is 2.67 bits per heavy atom. The Hall–Kier alpha value is -1.55. The molecule has 1 aromatic carbocycles. The van der Waals surface area contributed by atoms with E-state index in [9.17, 15) is 9.90 Å². The van der Waals surface area contributed by atoms with Gasteiger partial charge in [-0.15, -0.1) is 0 Å². The smallest absolute Gasteiger partial charge is 0.237 e. The first-order valence-corrected chi connectivity index (χ1v) is 7.93. The quantitative estimate of drug-likeness (QED) is 0.773. The third-order valence-corrected chi connectivity index (χ3v) is 5.15. The fraction of sp³-hybridized carbons (Fsp3) is 0.588. The molecule has 2 fully saturated rings. The van der Waals surface area contributed by atoms with Gasteiger partial charge in [-0.25, -0.2) is 0 Å². The van der Waals surface area contributed by atoms with Gasteiger partial charge in [-0.05, 0) is 61.1 Å². The molecule has 0 spiro atoms. The number of amides is 1. The van der Waals surface area contributed by atoms with E-state index in [1.165, 1.54) is 25.7 Å². The molecular weight excluding hydrogens is 264 g/mol. The van der Waals surface area contributed by atoms with Crippen LogP contribution in [0.2, 0.25) is 0 Å². The monoisotopic (exact) mass is 288 g/mol. The number of carbonyl (C=O) groups excluding carboxylic acids is 1. The zero-order valence-electron chi connectivity index (χ0n) is 12.3. The molecule has 2 saturated carbocycles. The maximum absolute atomic E-state index is 12.1. The molecule has 114 valence electrons. The molecule has 3 rings (SSSR count). The first-order valence-electron chi connectivity index (χ1n) is 7.93. The summed E-state index contributed by atoms with van der Waals surface area (Å²) in [5, 5.41) is 12.3. The van der Waals surface area contributed by atoms with E-state index < -0.39 is 6.04 Å². The largest absolute Gasteiger partial charge is 0.508 e. The van der Waals surface area contributed by atoms with Crippen LogP contribution in [0.25, 0.3) is 0 Å². The SMILES string of the molecule is N[C@H](Cc1ccc(O)cc1)C(=O)NCC1CC2CCC1C2. The molecule has 1 amide bonds. The summed E-state index contributed by atoms with van der Waals surface area (Å²) in [5.41, 5.74) is 6.94. The average molecular weight is 288 g/mol. The van der Waals surface area contributed by atoms with E-state index in [0.29, 0.717) is 12.3 Å². The molecule has 2 bridgehead atoms. The van der Waals surface area contributed by atoms with Crippen LogP contribution in [0.3, 0.4) is 0 Å². The molecule has 21 heavy (non-hydrogen) atoms. The zero-order valence-corrected chi connectivity index (χ0v) is 12.3. The van der Waals surface area contributed by atoms with Crippen molar-refractivity contribution in [3.63, 3.8) is 0 Å². The van der Waals surface area contributed by atoms with Gasteiger partial charge in [0.25, 0.3) is 0 Å². The summed E-state index contributed by atoms with van der Waals surface area (Å²) in [6, 6.07) is 6.33. The van der Waals surface area contributed by atoms with Crippen molar-refractivity contribution in [1.82, 2.24) is 5.32 Å². The number of phenolic OH excluding ortho intramolecular Hbond substituents is 1. The van der Waals surface area contributed by atoms with Crippen LogP contribution in [0.1, 0.15) is 31.2 Å². The summed E-state index contributed by atoms with van der Waals surface area (Å²) >= 11 is 0. The maximum atomic E-state index is 12.1. The van der Waals surface area contributed by atoms with E-state index in [0.717, 1.165) is 23.9 Å². The number of fused-ring (bicyclic) bond motifs is 2. The minimum atomic E-state index is -0.520. The minimum absolute atomic E-state index is 0.0640. The second-order valence-corrected chi connectivity index (χ2v) is 6.66. The van der Waals surface area contributed by atoms with Gasteiger partial charge in [0.1, 0.15) is 5.75 Å². The third kappa shape index (κ3) is 3.38. The van der Waals surface area contributed by atoms with Gasteiger partial charge in [0.2, 0.25) is 5.91 Å². The first-order chi connectivity index (χ1) is 10.1. The van der Waals surface area contributed by atoms with E-state index in [4.69, 9.17) is 5.73 Å². The molecule has 0 heterocycles. The molecule has 0 aromatic heterocycles. The number of nitrogens with one attached hydrogen (secondary N) is 1. The lowest BCUT2D eigenvalue weighted by molar-refractivity contribution is -0.122. The lowest BCUT2D eigenvalue weighted by Gasteiger charge is -2.22. The highest BCUT2D eigenvalue weighted by Crippen LogP contribution is 2.47. The van der Waals surface area contributed by atoms with Crippen LogP contribution in [0.4, 0.5) is 0 Å². The van der Waals surface area contributed by atoms with Crippen molar-refractivity contribution in [3.8, 4) is 5.75 Å². The molecule has 3 unspecified atom stereocenters. The number of rotatable bonds is 5. The van der Waals surface area contributed by atoms with Crippen molar-refractivity contribution in [2.24, 2.45) is 23.5 Å². The molecule has 0 radical (unpaired) electrons. The topological polar surface area (TPSA) is 75.3 Å². The summed E-state index contributed by atoms with van der Waals surface area (Å²) in [6.07, 6.45) is 5.86. The molecule has 4 N–H and O–H groups in total. The fourth-order valence-corrected chi connectivity index (χ4v) is 3.97. The van der Waals surface area contributed by atoms with Crippen molar-refractivity contribution in [1.29, 1.82) is 0 Å². The van der Waals surface area contributed by atoms with Gasteiger partial charge in [-0.1, -0.05) is 18.6 Å². The highest BCUT2D eigenvalue weighted by molar-refractivity contribution is 5.81. The van der Waals surface area contributed by atoms with Crippen LogP contribution < -0.4 is 11.1 Å². The molecule has 1 aromatic rings. The van der Waals surface area contributed by atoms with Gasteiger partial charge in [0, 0.05) is 6.54 Å². The molecule has 4 heteroatoms. The van der Waals surface area contributed by atoms with Crippen LogP contribution in [0, 0.1) is 17.8 Å². The average Bonchev–Trinajstić information content (AvgIpc) is 3.09. The van der Waals surface area contributed by atoms with Crippen LogP contribution in [-0.2, 0) is 11.2 Å². The predicted octanol–water partition coefficient (Wildman–Crippen LogP) is 1.81. The van der Waals surface area contributed by atoms with Crippen molar-refractivity contribution in [3.05, 3.63) is 29.8 Å². The molecule has 0 aliphatic heterocycles. The first kappa shape index (κ1) is 14.4. The van der Waals surface area contributed by atoms with Gasteiger partial charge in [0.05, 0.1) is 6.04 Å². The molecule has 4 nitrogen and oxygen atoms in total. The Labute approximate surface area is 125 Å². The van der Waals surface area contributed by atoms with Gasteiger partial charge in [-0.2, -0.15) is 0 Å². The Morgan fingerprint density at radius 1 is 1.29 bits per heavy atom. The summed E-state index contributed by atoms with van der Waals surface area (Å²) in [5.74, 6) is 2.55. The number of nitrogens with two attached hydrogens (primary N) is 1. The van der Waals surface area contributed by atoms with E-state index in [1.807, 2.05) is 0 Å². The van der Waals surface area contributed by atoms with Crippen molar-refractivity contribution in [2.45, 2.75) is 38.1 Å². The number of hydrogen-bond acceptors (Lipinski definition) is 3. The van der Waals surface area contributed by atoms with Gasteiger partial charge in [0.15, 0.2) is 0 Å². The van der Waals surface area contributed by atoms with Crippen molar-refractivity contribution < 1.29 is 9.90 Å². The number of hydrogen-bond donors (Lipinski definition) is 3. The van der Waals surface area contributed by atoms with E-state index in [1.54, 1.807) is 24.3 Å². The number of benzene rings is 1. The number of aromatic hydroxyl groups is 1. The third-order valence-electron chi connectivity index (χ3n) is 5.15. The van der Waals surface area contributed by atoms with Crippen LogP contribution in [0.5, 0.6) is 5.75 Å². The molecule has 4 atom stereocenters. The lowest BCUT2D eigenvalue weighted by Crippen LogP contribution is -2.44. The summed E-state index contributed by atoms with van der Waals surface area (Å²) in [7, 11) is 0. The van der Waals surface area contributed by atoms with Crippen LogP contribution in [0.15, 0.2) is 24.3 Å². The van der Waals surface area contributed by atoms with E-state index in [-0.39, 0.29) is 11.7 Å². The Kier molecular flexibility index (Phi) is 4.15.